The van der Waals surface area contributed by atoms with Crippen molar-refractivity contribution in [3.05, 3.63) is 97.5 Å². The average Bonchev–Trinajstić information content (AvgIpc) is 3.03. The summed E-state index contributed by atoms with van der Waals surface area (Å²) in [5, 5.41) is 13.3. The molecule has 10 nitrogen and oxygen atoms in total. The summed E-state index contributed by atoms with van der Waals surface area (Å²) in [5.41, 5.74) is 2.85. The Morgan fingerprint density at radius 1 is 0.936 bits per heavy atom. The van der Waals surface area contributed by atoms with Crippen molar-refractivity contribution in [3.8, 4) is 11.5 Å². The number of benzene rings is 3. The predicted molar refractivity (Wildman–Crippen MR) is 178 cm³/mol. The van der Waals surface area contributed by atoms with Gasteiger partial charge in [0.05, 0.1) is 17.2 Å². The number of carbonyl (C=O) groups excluding carboxylic acids is 3. The third-order valence-corrected chi connectivity index (χ3v) is 10.8. The van der Waals surface area contributed by atoms with Crippen molar-refractivity contribution in [2.45, 2.75) is 57.5 Å². The van der Waals surface area contributed by atoms with Crippen LogP contribution >= 0.6 is 15.9 Å². The highest BCUT2D eigenvalue weighted by atomic mass is 79.9. The molecule has 1 aliphatic heterocycles. The molecule has 5 aliphatic rings. The Morgan fingerprint density at radius 3 is 2.15 bits per heavy atom. The number of nitro benzene ring substituents is 1. The molecule has 0 radical (unpaired) electrons. The van der Waals surface area contributed by atoms with Gasteiger partial charge in [-0.15, -0.1) is 0 Å². The molecule has 47 heavy (non-hydrogen) atoms. The minimum atomic E-state index is -0.788. The first-order valence-electron chi connectivity index (χ1n) is 16.0. The van der Waals surface area contributed by atoms with E-state index in [-0.39, 0.29) is 23.3 Å². The zero-order chi connectivity index (χ0) is 32.9. The van der Waals surface area contributed by atoms with Gasteiger partial charge >= 0.3 is 6.03 Å². The molecular weight excluding hydrogens is 666 g/mol. The fourth-order valence-electron chi connectivity index (χ4n) is 8.39. The monoisotopic (exact) mass is 699 g/mol. The van der Waals surface area contributed by atoms with Crippen LogP contribution in [0.5, 0.6) is 11.5 Å². The third-order valence-electron chi connectivity index (χ3n) is 10.1. The molecule has 3 aromatic carbocycles. The zero-order valence-electron chi connectivity index (χ0n) is 25.9. The van der Waals surface area contributed by atoms with E-state index in [0.717, 1.165) is 28.2 Å². The van der Waals surface area contributed by atoms with E-state index in [0.29, 0.717) is 33.8 Å². The van der Waals surface area contributed by atoms with E-state index in [4.69, 9.17) is 9.47 Å². The zero-order valence-corrected chi connectivity index (χ0v) is 27.5. The Hall–Kier alpha value is -4.51. The summed E-state index contributed by atoms with van der Waals surface area (Å²) < 4.78 is 12.3. The number of hydrogen-bond donors (Lipinski definition) is 1. The largest absolute Gasteiger partial charge is 0.490 e. The number of ether oxygens (including phenoxy) is 2. The first-order valence-corrected chi connectivity index (χ1v) is 16.8. The molecular formula is C36H34BrN3O7. The highest BCUT2D eigenvalue weighted by Crippen LogP contribution is 2.60. The minimum absolute atomic E-state index is 0.0139. The van der Waals surface area contributed by atoms with E-state index < -0.39 is 22.8 Å². The van der Waals surface area contributed by atoms with Gasteiger partial charge in [-0.1, -0.05) is 28.1 Å². The van der Waals surface area contributed by atoms with Crippen molar-refractivity contribution in [3.63, 3.8) is 0 Å². The van der Waals surface area contributed by atoms with Crippen molar-refractivity contribution in [1.29, 1.82) is 0 Å². The Labute approximate surface area is 280 Å². The first-order chi connectivity index (χ1) is 22.6. The lowest BCUT2D eigenvalue weighted by atomic mass is 9.48. The van der Waals surface area contributed by atoms with E-state index in [2.05, 4.69) is 33.4 Å². The Kier molecular flexibility index (Phi) is 8.11. The van der Waals surface area contributed by atoms with Gasteiger partial charge in [0.25, 0.3) is 17.5 Å². The number of halogens is 1. The van der Waals surface area contributed by atoms with Gasteiger partial charge in [-0.25, -0.2) is 9.69 Å². The van der Waals surface area contributed by atoms with Crippen molar-refractivity contribution in [1.82, 2.24) is 5.32 Å². The van der Waals surface area contributed by atoms with Crippen LogP contribution in [0.2, 0.25) is 0 Å². The number of hydrogen-bond acceptors (Lipinski definition) is 7. The van der Waals surface area contributed by atoms with Gasteiger partial charge in [-0.2, -0.15) is 0 Å². The second-order valence-electron chi connectivity index (χ2n) is 13.2. The highest BCUT2D eigenvalue weighted by Gasteiger charge is 2.51. The molecule has 0 atom stereocenters. The number of barbiturate groups is 1. The van der Waals surface area contributed by atoms with Crippen molar-refractivity contribution < 1.29 is 28.8 Å². The van der Waals surface area contributed by atoms with Crippen LogP contribution in [0.25, 0.3) is 6.08 Å². The summed E-state index contributed by atoms with van der Waals surface area (Å²) in [6.07, 6.45) is 9.11. The topological polar surface area (TPSA) is 128 Å². The molecule has 4 bridgehead atoms. The predicted octanol–water partition coefficient (Wildman–Crippen LogP) is 7.47. The molecule has 1 N–H and O–H groups in total. The lowest BCUT2D eigenvalue weighted by Gasteiger charge is -2.57. The Morgan fingerprint density at radius 2 is 1.55 bits per heavy atom. The quantitative estimate of drug-likeness (QED) is 0.106. The lowest BCUT2D eigenvalue weighted by Crippen LogP contribution is -2.54. The van der Waals surface area contributed by atoms with Crippen LogP contribution in [0.15, 0.2) is 70.7 Å². The van der Waals surface area contributed by atoms with Gasteiger partial charge in [0.15, 0.2) is 11.5 Å². The summed E-state index contributed by atoms with van der Waals surface area (Å²) >= 11 is 3.52. The standard InChI is InChI=1S/C36H34BrN3O7/c1-2-46-31-15-25(30(37)16-32(31)47-20-21-3-7-28(8-4-21)40(44)45)14-29-33(41)38-35(43)39(34(29)42)27-9-5-26(6-10-27)36-17-22-11-23(18-36)13-24(12-22)19-36/h3-10,14-16,22-24H,2,11-13,17-20H2,1H3,(H,38,41,43)/b29-14+. The van der Waals surface area contributed by atoms with E-state index in [1.165, 1.54) is 62.3 Å². The van der Waals surface area contributed by atoms with Gasteiger partial charge in [0, 0.05) is 16.6 Å². The van der Waals surface area contributed by atoms with E-state index in [1.807, 2.05) is 19.1 Å². The SMILES string of the molecule is CCOc1cc(/C=C2\C(=O)NC(=O)N(c3ccc(C45CC6CC(CC(C6)C4)C5)cc3)C2=O)c(Br)cc1OCc1ccc([N+](=O)[O-])cc1. The van der Waals surface area contributed by atoms with E-state index in [1.54, 1.807) is 24.3 Å². The lowest BCUT2D eigenvalue weighted by molar-refractivity contribution is -0.384. The molecule has 1 saturated heterocycles. The van der Waals surface area contributed by atoms with Crippen LogP contribution in [-0.4, -0.2) is 29.4 Å². The van der Waals surface area contributed by atoms with Gasteiger partial charge < -0.3 is 9.47 Å². The fourth-order valence-corrected chi connectivity index (χ4v) is 8.83. The number of non-ortho nitro benzene ring substituents is 1. The number of urea groups is 1. The number of nitro groups is 1. The van der Waals surface area contributed by atoms with Crippen LogP contribution in [0.4, 0.5) is 16.2 Å². The summed E-state index contributed by atoms with van der Waals surface area (Å²) in [5.74, 6) is 1.66. The number of amides is 4. The second-order valence-corrected chi connectivity index (χ2v) is 14.0. The highest BCUT2D eigenvalue weighted by molar-refractivity contribution is 9.10. The first kappa shape index (κ1) is 31.1. The number of imide groups is 2. The number of anilines is 1. The molecule has 4 aliphatic carbocycles. The maximum atomic E-state index is 13.7. The number of carbonyl (C=O) groups is 3. The van der Waals surface area contributed by atoms with Crippen LogP contribution in [0, 0.1) is 27.9 Å². The maximum Gasteiger partial charge on any atom is 0.335 e. The van der Waals surface area contributed by atoms with Gasteiger partial charge in [0.2, 0.25) is 0 Å². The molecule has 4 amide bonds. The average molecular weight is 701 g/mol. The van der Waals surface area contributed by atoms with Crippen LogP contribution < -0.4 is 19.7 Å². The molecule has 1 heterocycles. The third kappa shape index (κ3) is 5.93. The molecule has 4 saturated carbocycles. The summed E-state index contributed by atoms with van der Waals surface area (Å²) in [4.78, 5) is 51.2. The minimum Gasteiger partial charge on any atom is -0.490 e. The second kappa shape index (κ2) is 12.3. The number of nitrogens with one attached hydrogen (secondary N) is 1. The summed E-state index contributed by atoms with van der Waals surface area (Å²) in [7, 11) is 0. The maximum absolute atomic E-state index is 13.7. The number of nitrogens with zero attached hydrogens (tertiary/aromatic N) is 2. The molecule has 0 unspecified atom stereocenters. The van der Waals surface area contributed by atoms with Gasteiger partial charge in [0.1, 0.15) is 12.2 Å². The number of rotatable bonds is 9. The molecule has 3 aromatic rings. The molecule has 5 fully saturated rings. The molecule has 0 spiro atoms. The van der Waals surface area contributed by atoms with Crippen LogP contribution in [0.1, 0.15) is 62.1 Å². The van der Waals surface area contributed by atoms with Crippen LogP contribution in [-0.2, 0) is 21.6 Å². The molecule has 0 aromatic heterocycles. The molecule has 242 valence electrons. The fraction of sp³-hybridized carbons (Fsp3) is 0.361. The molecule has 11 heteroatoms. The van der Waals surface area contributed by atoms with Crippen molar-refractivity contribution in [2.75, 3.05) is 11.5 Å². The van der Waals surface area contributed by atoms with Crippen molar-refractivity contribution >= 4 is 51.2 Å². The van der Waals surface area contributed by atoms with Crippen molar-refractivity contribution in [2.24, 2.45) is 17.8 Å². The van der Waals surface area contributed by atoms with Gasteiger partial charge in [-0.05, 0) is 128 Å². The van der Waals surface area contributed by atoms with E-state index >= 15 is 0 Å². The smallest absolute Gasteiger partial charge is 0.335 e. The Balaban J connectivity index is 1.12. The summed E-state index contributed by atoms with van der Waals surface area (Å²) in [6.45, 7) is 2.27. The van der Waals surface area contributed by atoms with Gasteiger partial charge in [-0.3, -0.25) is 25.0 Å². The normalized spacial score (nSPS) is 25.7. The Bertz CT molecular complexity index is 1770. The summed E-state index contributed by atoms with van der Waals surface area (Å²) in [6, 6.07) is 16.3. The van der Waals surface area contributed by atoms with Crippen LogP contribution in [0.3, 0.4) is 0 Å². The van der Waals surface area contributed by atoms with E-state index in [9.17, 15) is 24.5 Å². The molecule has 8 rings (SSSR count).